The number of hydrogen-bond acceptors (Lipinski definition) is 4. The first-order valence-electron chi connectivity index (χ1n) is 6.53. The number of piperazine rings is 1. The normalized spacial score (nSPS) is 19.7. The molecule has 1 aromatic heterocycles. The van der Waals surface area contributed by atoms with Crippen LogP contribution in [0.5, 0.6) is 0 Å². The quantitative estimate of drug-likeness (QED) is 0.802. The summed E-state index contributed by atoms with van der Waals surface area (Å²) in [6.07, 6.45) is 0. The van der Waals surface area contributed by atoms with Crippen molar-refractivity contribution >= 4 is 11.6 Å². The molecule has 2 N–H and O–H groups in total. The molecule has 2 rings (SSSR count). The Balaban J connectivity index is 2.26. The number of nitrogens with zero attached hydrogens (tertiary/aromatic N) is 4. The number of aryl methyl sites for hydroxylation is 2. The van der Waals surface area contributed by atoms with Gasteiger partial charge in [0.15, 0.2) is 0 Å². The lowest BCUT2D eigenvalue weighted by atomic mass is 9.99. The molecule has 19 heavy (non-hydrogen) atoms. The lowest BCUT2D eigenvalue weighted by Gasteiger charge is -2.45. The molecule has 0 aliphatic carbocycles. The zero-order chi connectivity index (χ0) is 14.4. The second kappa shape index (κ2) is 4.52. The summed E-state index contributed by atoms with van der Waals surface area (Å²) >= 11 is 0. The summed E-state index contributed by atoms with van der Waals surface area (Å²) in [4.78, 5) is 16.8. The first-order valence-corrected chi connectivity index (χ1v) is 6.53. The van der Waals surface area contributed by atoms with Gasteiger partial charge in [0.25, 0.3) is 5.91 Å². The Bertz CT molecular complexity index is 505. The first kappa shape index (κ1) is 13.9. The van der Waals surface area contributed by atoms with Crippen molar-refractivity contribution in [1.82, 2.24) is 19.6 Å². The molecule has 0 saturated carbocycles. The van der Waals surface area contributed by atoms with Crippen LogP contribution in [0.4, 0.5) is 5.69 Å². The number of nitrogens with two attached hydrogens (primary N) is 1. The number of nitrogen functional groups attached to an aromatic ring is 1. The van der Waals surface area contributed by atoms with E-state index in [1.54, 1.807) is 11.7 Å². The van der Waals surface area contributed by atoms with Crippen molar-refractivity contribution in [2.75, 3.05) is 32.4 Å². The summed E-state index contributed by atoms with van der Waals surface area (Å²) in [6, 6.07) is 0. The molecule has 6 heteroatoms. The standard InChI is InChI=1S/C13H23N5O/c1-9-10(14)11(17(5)15-9)12(19)18-7-6-16(4)13(2,3)8-18/h6-8,14H2,1-5H3. The van der Waals surface area contributed by atoms with E-state index in [4.69, 9.17) is 5.73 Å². The molecule has 2 heterocycles. The third-order valence-corrected chi connectivity index (χ3v) is 4.07. The van der Waals surface area contributed by atoms with E-state index in [0.717, 1.165) is 13.1 Å². The lowest BCUT2D eigenvalue weighted by Crippen LogP contribution is -2.59. The molecule has 0 atom stereocenters. The van der Waals surface area contributed by atoms with Crippen molar-refractivity contribution in [2.45, 2.75) is 26.3 Å². The highest BCUT2D eigenvalue weighted by atomic mass is 16.2. The van der Waals surface area contributed by atoms with Gasteiger partial charge in [0.1, 0.15) is 5.69 Å². The predicted octanol–water partition coefficient (Wildman–Crippen LogP) is 0.477. The smallest absolute Gasteiger partial charge is 0.274 e. The first-order chi connectivity index (χ1) is 8.74. The van der Waals surface area contributed by atoms with Gasteiger partial charge in [-0.25, -0.2) is 0 Å². The van der Waals surface area contributed by atoms with Gasteiger partial charge in [0.05, 0.1) is 11.4 Å². The van der Waals surface area contributed by atoms with Crippen LogP contribution in [0.3, 0.4) is 0 Å². The molecule has 1 amide bonds. The Morgan fingerprint density at radius 3 is 2.42 bits per heavy atom. The summed E-state index contributed by atoms with van der Waals surface area (Å²) in [7, 11) is 3.85. The largest absolute Gasteiger partial charge is 0.395 e. The molecular formula is C13H23N5O. The zero-order valence-corrected chi connectivity index (χ0v) is 12.4. The van der Waals surface area contributed by atoms with Crippen molar-refractivity contribution < 1.29 is 4.79 Å². The Labute approximate surface area is 114 Å². The minimum absolute atomic E-state index is 0.0176. The van der Waals surface area contributed by atoms with E-state index in [2.05, 4.69) is 30.9 Å². The van der Waals surface area contributed by atoms with Crippen molar-refractivity contribution in [1.29, 1.82) is 0 Å². The fraction of sp³-hybridized carbons (Fsp3) is 0.692. The van der Waals surface area contributed by atoms with E-state index < -0.39 is 0 Å². The van der Waals surface area contributed by atoms with Gasteiger partial charge in [0.2, 0.25) is 0 Å². The summed E-state index contributed by atoms with van der Waals surface area (Å²) in [5.41, 5.74) is 7.64. The van der Waals surface area contributed by atoms with Crippen molar-refractivity contribution in [3.8, 4) is 0 Å². The van der Waals surface area contributed by atoms with Gasteiger partial charge < -0.3 is 10.6 Å². The molecule has 1 fully saturated rings. The molecule has 0 aromatic carbocycles. The minimum Gasteiger partial charge on any atom is -0.395 e. The van der Waals surface area contributed by atoms with Crippen LogP contribution in [0.25, 0.3) is 0 Å². The highest BCUT2D eigenvalue weighted by molar-refractivity contribution is 5.98. The van der Waals surface area contributed by atoms with E-state index in [1.165, 1.54) is 0 Å². The van der Waals surface area contributed by atoms with Gasteiger partial charge in [-0.1, -0.05) is 0 Å². The number of carbonyl (C=O) groups is 1. The topological polar surface area (TPSA) is 67.4 Å². The molecule has 0 bridgehead atoms. The molecule has 6 nitrogen and oxygen atoms in total. The molecule has 0 unspecified atom stereocenters. The number of anilines is 1. The van der Waals surface area contributed by atoms with Gasteiger partial charge >= 0.3 is 0 Å². The van der Waals surface area contributed by atoms with Crippen LogP contribution in [0.1, 0.15) is 30.0 Å². The van der Waals surface area contributed by atoms with Crippen LogP contribution in [0, 0.1) is 6.92 Å². The fourth-order valence-electron chi connectivity index (χ4n) is 2.49. The highest BCUT2D eigenvalue weighted by Crippen LogP contribution is 2.23. The number of rotatable bonds is 1. The predicted molar refractivity (Wildman–Crippen MR) is 75.0 cm³/mol. The minimum atomic E-state index is -0.0261. The third-order valence-electron chi connectivity index (χ3n) is 4.07. The molecule has 1 saturated heterocycles. The van der Waals surface area contributed by atoms with Crippen molar-refractivity contribution in [2.24, 2.45) is 7.05 Å². The number of likely N-dealkylation sites (N-methyl/N-ethyl adjacent to an activating group) is 1. The Kier molecular flexibility index (Phi) is 3.30. The Morgan fingerprint density at radius 1 is 1.32 bits per heavy atom. The molecule has 1 aliphatic rings. The maximum Gasteiger partial charge on any atom is 0.274 e. The fourth-order valence-corrected chi connectivity index (χ4v) is 2.49. The summed E-state index contributed by atoms with van der Waals surface area (Å²) in [5.74, 6) is -0.0261. The summed E-state index contributed by atoms with van der Waals surface area (Å²) in [6.45, 7) is 8.40. The monoisotopic (exact) mass is 265 g/mol. The van der Waals surface area contributed by atoms with Crippen LogP contribution in [-0.4, -0.2) is 57.7 Å². The van der Waals surface area contributed by atoms with E-state index >= 15 is 0 Å². The van der Waals surface area contributed by atoms with Gasteiger partial charge in [-0.15, -0.1) is 0 Å². The molecule has 1 aliphatic heterocycles. The maximum absolute atomic E-state index is 12.6. The van der Waals surface area contributed by atoms with E-state index in [-0.39, 0.29) is 11.4 Å². The Hall–Kier alpha value is -1.56. The van der Waals surface area contributed by atoms with Gasteiger partial charge in [-0.2, -0.15) is 5.10 Å². The van der Waals surface area contributed by atoms with E-state index in [9.17, 15) is 4.79 Å². The van der Waals surface area contributed by atoms with Gasteiger partial charge in [-0.3, -0.25) is 14.4 Å². The summed E-state index contributed by atoms with van der Waals surface area (Å²) < 4.78 is 1.58. The Morgan fingerprint density at radius 2 is 1.95 bits per heavy atom. The average Bonchev–Trinajstić information content (AvgIpc) is 2.56. The van der Waals surface area contributed by atoms with Crippen LogP contribution in [0.2, 0.25) is 0 Å². The number of amides is 1. The number of hydrogen-bond donors (Lipinski definition) is 1. The molecule has 1 aromatic rings. The number of carbonyl (C=O) groups excluding carboxylic acids is 1. The van der Waals surface area contributed by atoms with Crippen LogP contribution in [0.15, 0.2) is 0 Å². The van der Waals surface area contributed by atoms with Crippen LogP contribution >= 0.6 is 0 Å². The maximum atomic E-state index is 12.6. The SMILES string of the molecule is Cc1nn(C)c(C(=O)N2CCN(C)C(C)(C)C2)c1N. The second-order valence-electron chi connectivity index (χ2n) is 5.93. The van der Waals surface area contributed by atoms with Crippen LogP contribution < -0.4 is 5.73 Å². The van der Waals surface area contributed by atoms with Crippen molar-refractivity contribution in [3.63, 3.8) is 0 Å². The highest BCUT2D eigenvalue weighted by Gasteiger charge is 2.35. The molecule has 0 spiro atoms. The van der Waals surface area contributed by atoms with Crippen LogP contribution in [-0.2, 0) is 7.05 Å². The number of aromatic nitrogens is 2. The van der Waals surface area contributed by atoms with E-state index in [1.807, 2.05) is 11.8 Å². The van der Waals surface area contributed by atoms with E-state index in [0.29, 0.717) is 23.6 Å². The molecule has 106 valence electrons. The lowest BCUT2D eigenvalue weighted by molar-refractivity contribution is 0.0304. The summed E-state index contributed by atoms with van der Waals surface area (Å²) in [5, 5.41) is 4.21. The van der Waals surface area contributed by atoms with Gasteiger partial charge in [-0.05, 0) is 27.8 Å². The molecule has 0 radical (unpaired) electrons. The average molecular weight is 265 g/mol. The third kappa shape index (κ3) is 2.32. The second-order valence-corrected chi connectivity index (χ2v) is 5.93. The molecular weight excluding hydrogens is 242 g/mol. The zero-order valence-electron chi connectivity index (χ0n) is 12.4. The van der Waals surface area contributed by atoms with Gasteiger partial charge in [0, 0.05) is 32.2 Å². The van der Waals surface area contributed by atoms with Crippen molar-refractivity contribution in [3.05, 3.63) is 11.4 Å².